The van der Waals surface area contributed by atoms with Crippen LogP contribution in [0.2, 0.25) is 0 Å². The van der Waals surface area contributed by atoms with E-state index in [1.54, 1.807) is 0 Å². The fourth-order valence-corrected chi connectivity index (χ4v) is 3.78. The molecule has 1 aliphatic rings. The zero-order valence-corrected chi connectivity index (χ0v) is 14.0. The maximum atomic E-state index is 12.8. The quantitative estimate of drug-likeness (QED) is 0.674. The standard InChI is InChI=1S/C16H30N2OS/c1-4-10-16(11-5-2,14(17)20)15(19)18-12(3)13-8-6-7-9-13/h12-13H,4-11H2,1-3H3,(H2,17,20)(H,18,19). The lowest BCUT2D eigenvalue weighted by molar-refractivity contribution is -0.129. The predicted molar refractivity (Wildman–Crippen MR) is 88.6 cm³/mol. The highest BCUT2D eigenvalue weighted by molar-refractivity contribution is 7.80. The molecule has 1 aliphatic carbocycles. The Balaban J connectivity index is 2.78. The third-order valence-corrected chi connectivity index (χ3v) is 5.12. The van der Waals surface area contributed by atoms with Crippen molar-refractivity contribution in [2.24, 2.45) is 17.1 Å². The number of hydrogen-bond acceptors (Lipinski definition) is 2. The van der Waals surface area contributed by atoms with Crippen molar-refractivity contribution >= 4 is 23.1 Å². The normalized spacial score (nSPS) is 17.9. The molecule has 0 spiro atoms. The van der Waals surface area contributed by atoms with Gasteiger partial charge in [0.05, 0.1) is 10.4 Å². The fraction of sp³-hybridized carbons (Fsp3) is 0.875. The molecule has 3 nitrogen and oxygen atoms in total. The first-order chi connectivity index (χ1) is 9.47. The van der Waals surface area contributed by atoms with Gasteiger partial charge in [0.25, 0.3) is 0 Å². The zero-order chi connectivity index (χ0) is 15.2. The summed E-state index contributed by atoms with van der Waals surface area (Å²) >= 11 is 5.24. The molecule has 0 aromatic carbocycles. The van der Waals surface area contributed by atoms with E-state index in [2.05, 4.69) is 26.1 Å². The monoisotopic (exact) mass is 298 g/mol. The topological polar surface area (TPSA) is 55.1 Å². The molecule has 1 amide bonds. The van der Waals surface area contributed by atoms with Crippen LogP contribution in [0.5, 0.6) is 0 Å². The lowest BCUT2D eigenvalue weighted by Crippen LogP contribution is -2.52. The van der Waals surface area contributed by atoms with Gasteiger partial charge in [0, 0.05) is 6.04 Å². The zero-order valence-electron chi connectivity index (χ0n) is 13.2. The van der Waals surface area contributed by atoms with Crippen molar-refractivity contribution in [3.8, 4) is 0 Å². The summed E-state index contributed by atoms with van der Waals surface area (Å²) in [5.41, 5.74) is 5.30. The molecule has 0 aliphatic heterocycles. The van der Waals surface area contributed by atoms with Crippen molar-refractivity contribution in [1.82, 2.24) is 5.32 Å². The first-order valence-electron chi connectivity index (χ1n) is 8.08. The van der Waals surface area contributed by atoms with Crippen molar-refractivity contribution in [2.45, 2.75) is 78.2 Å². The van der Waals surface area contributed by atoms with Crippen LogP contribution in [-0.4, -0.2) is 16.9 Å². The lowest BCUT2D eigenvalue weighted by atomic mass is 9.77. The van der Waals surface area contributed by atoms with Crippen molar-refractivity contribution in [2.75, 3.05) is 0 Å². The molecule has 20 heavy (non-hydrogen) atoms. The molecule has 0 radical (unpaired) electrons. The minimum Gasteiger partial charge on any atom is -0.392 e. The molecule has 1 unspecified atom stereocenters. The second-order valence-electron chi connectivity index (χ2n) is 6.25. The number of nitrogens with one attached hydrogen (secondary N) is 1. The van der Waals surface area contributed by atoms with Crippen LogP contribution in [-0.2, 0) is 4.79 Å². The van der Waals surface area contributed by atoms with Gasteiger partial charge in [-0.3, -0.25) is 4.79 Å². The molecule has 3 N–H and O–H groups in total. The average Bonchev–Trinajstić information content (AvgIpc) is 2.91. The van der Waals surface area contributed by atoms with Crippen molar-refractivity contribution in [1.29, 1.82) is 0 Å². The number of carbonyl (C=O) groups excluding carboxylic acids is 1. The largest absolute Gasteiger partial charge is 0.392 e. The van der Waals surface area contributed by atoms with Crippen LogP contribution < -0.4 is 11.1 Å². The Labute approximate surface area is 129 Å². The highest BCUT2D eigenvalue weighted by atomic mass is 32.1. The summed E-state index contributed by atoms with van der Waals surface area (Å²) in [6.07, 6.45) is 8.36. The SMILES string of the molecule is CCCC(CCC)(C(=O)NC(C)C1CCCC1)C(N)=S. The Morgan fingerprint density at radius 1 is 1.30 bits per heavy atom. The molecule has 4 heteroatoms. The summed E-state index contributed by atoms with van der Waals surface area (Å²) in [6.45, 7) is 6.28. The van der Waals surface area contributed by atoms with E-state index in [0.717, 1.165) is 25.7 Å². The molecule has 1 fully saturated rings. The first kappa shape index (κ1) is 17.4. The minimum atomic E-state index is -0.647. The number of amides is 1. The van der Waals surface area contributed by atoms with E-state index in [4.69, 9.17) is 18.0 Å². The van der Waals surface area contributed by atoms with E-state index in [1.807, 2.05) is 0 Å². The minimum absolute atomic E-state index is 0.0492. The molecule has 1 atom stereocenters. The Morgan fingerprint density at radius 2 is 1.80 bits per heavy atom. The van der Waals surface area contributed by atoms with Gasteiger partial charge in [0.2, 0.25) is 5.91 Å². The van der Waals surface area contributed by atoms with Gasteiger partial charge in [-0.15, -0.1) is 0 Å². The van der Waals surface area contributed by atoms with Crippen LogP contribution in [0.1, 0.15) is 72.1 Å². The van der Waals surface area contributed by atoms with E-state index < -0.39 is 5.41 Å². The van der Waals surface area contributed by atoms with Gasteiger partial charge in [-0.1, -0.05) is 51.7 Å². The molecule has 0 saturated heterocycles. The molecule has 1 saturated carbocycles. The van der Waals surface area contributed by atoms with E-state index in [-0.39, 0.29) is 11.9 Å². The number of carbonyl (C=O) groups is 1. The molecule has 0 bridgehead atoms. The fourth-order valence-electron chi connectivity index (χ4n) is 3.48. The van der Waals surface area contributed by atoms with Crippen molar-refractivity contribution in [3.05, 3.63) is 0 Å². The van der Waals surface area contributed by atoms with Crippen LogP contribution in [0.3, 0.4) is 0 Å². The van der Waals surface area contributed by atoms with Crippen LogP contribution >= 0.6 is 12.2 Å². The number of nitrogens with two attached hydrogens (primary N) is 1. The van der Waals surface area contributed by atoms with Gasteiger partial charge in [-0.05, 0) is 38.5 Å². The molecule has 0 aromatic rings. The van der Waals surface area contributed by atoms with Gasteiger partial charge in [0.15, 0.2) is 0 Å². The summed E-state index contributed by atoms with van der Waals surface area (Å²) in [7, 11) is 0. The summed E-state index contributed by atoms with van der Waals surface area (Å²) < 4.78 is 0. The predicted octanol–water partition coefficient (Wildman–Crippen LogP) is 3.55. The van der Waals surface area contributed by atoms with Crippen LogP contribution in [0.25, 0.3) is 0 Å². The third-order valence-electron chi connectivity index (χ3n) is 4.73. The van der Waals surface area contributed by atoms with Crippen LogP contribution in [0.4, 0.5) is 0 Å². The molecule has 0 aromatic heterocycles. The highest BCUT2D eigenvalue weighted by Gasteiger charge is 2.40. The van der Waals surface area contributed by atoms with Crippen molar-refractivity contribution < 1.29 is 4.79 Å². The first-order valence-corrected chi connectivity index (χ1v) is 8.49. The summed E-state index contributed by atoms with van der Waals surface area (Å²) in [4.78, 5) is 13.1. The maximum absolute atomic E-state index is 12.8. The molecule has 0 heterocycles. The highest BCUT2D eigenvalue weighted by Crippen LogP contribution is 2.33. The Kier molecular flexibility index (Phi) is 6.93. The number of hydrogen-bond donors (Lipinski definition) is 2. The third kappa shape index (κ3) is 3.94. The molecule has 116 valence electrons. The van der Waals surface area contributed by atoms with E-state index >= 15 is 0 Å². The number of rotatable bonds is 8. The van der Waals surface area contributed by atoms with Crippen LogP contribution in [0.15, 0.2) is 0 Å². The van der Waals surface area contributed by atoms with Gasteiger partial charge >= 0.3 is 0 Å². The summed E-state index contributed by atoms with van der Waals surface area (Å²) in [6, 6.07) is 0.229. The summed E-state index contributed by atoms with van der Waals surface area (Å²) in [5.74, 6) is 0.666. The Hall–Kier alpha value is -0.640. The molecular formula is C16H30N2OS. The Bertz CT molecular complexity index is 331. The second-order valence-corrected chi connectivity index (χ2v) is 6.69. The van der Waals surface area contributed by atoms with Crippen molar-refractivity contribution in [3.63, 3.8) is 0 Å². The van der Waals surface area contributed by atoms with Gasteiger partial charge < -0.3 is 11.1 Å². The molecule has 1 rings (SSSR count). The van der Waals surface area contributed by atoms with Gasteiger partial charge in [-0.2, -0.15) is 0 Å². The van der Waals surface area contributed by atoms with Gasteiger partial charge in [0.1, 0.15) is 0 Å². The van der Waals surface area contributed by atoms with Gasteiger partial charge in [-0.25, -0.2) is 0 Å². The van der Waals surface area contributed by atoms with E-state index in [9.17, 15) is 4.79 Å². The van der Waals surface area contributed by atoms with E-state index in [1.165, 1.54) is 25.7 Å². The lowest BCUT2D eigenvalue weighted by Gasteiger charge is -2.33. The number of thiocarbonyl (C=S) groups is 1. The van der Waals surface area contributed by atoms with E-state index in [0.29, 0.717) is 10.9 Å². The Morgan fingerprint density at radius 3 is 2.20 bits per heavy atom. The second kappa shape index (κ2) is 7.96. The maximum Gasteiger partial charge on any atom is 0.233 e. The molecular weight excluding hydrogens is 268 g/mol. The smallest absolute Gasteiger partial charge is 0.233 e. The average molecular weight is 298 g/mol. The summed E-state index contributed by atoms with van der Waals surface area (Å²) in [5, 5.41) is 3.21. The van der Waals surface area contributed by atoms with Crippen LogP contribution in [0, 0.1) is 11.3 Å².